The molecular formula is C18H23NO3. The Morgan fingerprint density at radius 1 is 1.23 bits per heavy atom. The van der Waals surface area contributed by atoms with Crippen LogP contribution in [0.4, 0.5) is 0 Å². The maximum atomic E-state index is 5.99. The number of rotatable bonds is 3. The van der Waals surface area contributed by atoms with E-state index >= 15 is 0 Å². The van der Waals surface area contributed by atoms with E-state index in [1.165, 1.54) is 11.1 Å². The lowest BCUT2D eigenvalue weighted by Crippen LogP contribution is -2.48. The first kappa shape index (κ1) is 14.2. The first-order chi connectivity index (χ1) is 10.8. The van der Waals surface area contributed by atoms with E-state index in [9.17, 15) is 0 Å². The van der Waals surface area contributed by atoms with Gasteiger partial charge in [-0.1, -0.05) is 18.2 Å². The molecule has 1 N–H and O–H groups in total. The molecule has 3 aliphatic heterocycles. The zero-order valence-corrected chi connectivity index (χ0v) is 12.8. The highest BCUT2D eigenvalue weighted by molar-refractivity contribution is 5.62. The number of ether oxygens (including phenoxy) is 3. The lowest BCUT2D eigenvalue weighted by molar-refractivity contribution is -0.0890. The SMILES string of the molecule is C1=C(CN[C@@H]2CCO[C@@]3(CCOC3)C2)COc2ccccc21. The fraction of sp³-hybridized carbons (Fsp3) is 0.556. The van der Waals surface area contributed by atoms with Gasteiger partial charge in [0.25, 0.3) is 0 Å². The number of hydrogen-bond acceptors (Lipinski definition) is 4. The van der Waals surface area contributed by atoms with E-state index in [4.69, 9.17) is 14.2 Å². The van der Waals surface area contributed by atoms with Crippen molar-refractivity contribution in [3.8, 4) is 5.75 Å². The molecule has 0 aromatic heterocycles. The van der Waals surface area contributed by atoms with Gasteiger partial charge in [-0.25, -0.2) is 0 Å². The van der Waals surface area contributed by atoms with Crippen molar-refractivity contribution >= 4 is 6.08 Å². The minimum Gasteiger partial charge on any atom is -0.489 e. The molecular weight excluding hydrogens is 278 g/mol. The fourth-order valence-corrected chi connectivity index (χ4v) is 3.61. The van der Waals surface area contributed by atoms with Crippen molar-refractivity contribution in [1.82, 2.24) is 5.32 Å². The van der Waals surface area contributed by atoms with Crippen molar-refractivity contribution in [3.05, 3.63) is 35.4 Å². The Balaban J connectivity index is 1.36. The fourth-order valence-electron chi connectivity index (χ4n) is 3.61. The summed E-state index contributed by atoms with van der Waals surface area (Å²) in [6.07, 6.45) is 5.41. The second-order valence-corrected chi connectivity index (χ2v) is 6.53. The monoisotopic (exact) mass is 301 g/mol. The zero-order chi connectivity index (χ0) is 14.8. The number of nitrogens with one attached hydrogen (secondary N) is 1. The van der Waals surface area contributed by atoms with E-state index in [1.54, 1.807) is 0 Å². The molecule has 2 fully saturated rings. The van der Waals surface area contributed by atoms with Gasteiger partial charge >= 0.3 is 0 Å². The first-order valence-corrected chi connectivity index (χ1v) is 8.19. The molecule has 0 saturated carbocycles. The highest BCUT2D eigenvalue weighted by atomic mass is 16.6. The maximum absolute atomic E-state index is 5.99. The molecule has 4 rings (SSSR count). The standard InChI is InChI=1S/C18H23NO3/c1-2-4-17-15(3-1)9-14(12-21-17)11-19-16-5-7-22-18(10-16)6-8-20-13-18/h1-4,9,16,19H,5-8,10-13H2/t16-,18+/m1/s1. The molecule has 0 bridgehead atoms. The minimum absolute atomic E-state index is 0.0278. The van der Waals surface area contributed by atoms with Crippen molar-refractivity contribution < 1.29 is 14.2 Å². The molecule has 3 aliphatic rings. The van der Waals surface area contributed by atoms with Gasteiger partial charge < -0.3 is 19.5 Å². The molecule has 4 nitrogen and oxygen atoms in total. The Hall–Kier alpha value is -1.36. The normalized spacial score (nSPS) is 30.7. The van der Waals surface area contributed by atoms with Gasteiger partial charge in [-0.2, -0.15) is 0 Å². The summed E-state index contributed by atoms with van der Waals surface area (Å²) >= 11 is 0. The van der Waals surface area contributed by atoms with E-state index < -0.39 is 0 Å². The Bertz CT molecular complexity index is 563. The lowest BCUT2D eigenvalue weighted by Gasteiger charge is -2.37. The summed E-state index contributed by atoms with van der Waals surface area (Å²) in [4.78, 5) is 0. The van der Waals surface area contributed by atoms with E-state index in [-0.39, 0.29) is 5.60 Å². The van der Waals surface area contributed by atoms with E-state index in [1.807, 2.05) is 12.1 Å². The lowest BCUT2D eigenvalue weighted by atomic mass is 9.89. The van der Waals surface area contributed by atoms with Crippen LogP contribution in [-0.2, 0) is 9.47 Å². The average molecular weight is 301 g/mol. The summed E-state index contributed by atoms with van der Waals surface area (Å²) in [6.45, 7) is 3.99. The van der Waals surface area contributed by atoms with Crippen LogP contribution < -0.4 is 10.1 Å². The van der Waals surface area contributed by atoms with Crippen LogP contribution in [0.15, 0.2) is 29.8 Å². The van der Waals surface area contributed by atoms with E-state index in [2.05, 4.69) is 23.5 Å². The summed E-state index contributed by atoms with van der Waals surface area (Å²) in [5, 5.41) is 3.69. The highest BCUT2D eigenvalue weighted by Gasteiger charge is 2.40. The molecule has 118 valence electrons. The summed E-state index contributed by atoms with van der Waals surface area (Å²) in [7, 11) is 0. The molecule has 0 amide bonds. The average Bonchev–Trinajstić information content (AvgIpc) is 3.00. The van der Waals surface area contributed by atoms with Crippen LogP contribution >= 0.6 is 0 Å². The van der Waals surface area contributed by atoms with Crippen LogP contribution in [0.5, 0.6) is 5.75 Å². The predicted octanol–water partition coefficient (Wildman–Crippen LogP) is 2.39. The minimum atomic E-state index is -0.0278. The molecule has 1 aromatic carbocycles. The largest absolute Gasteiger partial charge is 0.489 e. The van der Waals surface area contributed by atoms with Gasteiger partial charge in [0.05, 0.1) is 12.2 Å². The van der Waals surface area contributed by atoms with Crippen molar-refractivity contribution in [3.63, 3.8) is 0 Å². The molecule has 4 heteroatoms. The van der Waals surface area contributed by atoms with Crippen molar-refractivity contribution in [2.75, 3.05) is 33.0 Å². The molecule has 3 heterocycles. The molecule has 2 saturated heterocycles. The molecule has 1 aromatic rings. The third-order valence-electron chi connectivity index (χ3n) is 4.87. The molecule has 1 spiro atoms. The van der Waals surface area contributed by atoms with Crippen LogP contribution in [0.1, 0.15) is 24.8 Å². The summed E-state index contributed by atoms with van der Waals surface area (Å²) < 4.78 is 17.3. The Morgan fingerprint density at radius 2 is 2.18 bits per heavy atom. The Labute approximate surface area is 131 Å². The Morgan fingerprint density at radius 3 is 3.09 bits per heavy atom. The second kappa shape index (κ2) is 6.03. The zero-order valence-electron chi connectivity index (χ0n) is 12.8. The molecule has 2 atom stereocenters. The number of hydrogen-bond donors (Lipinski definition) is 1. The third kappa shape index (κ3) is 2.91. The van der Waals surface area contributed by atoms with Gasteiger partial charge in [0.2, 0.25) is 0 Å². The van der Waals surface area contributed by atoms with Crippen LogP contribution in [0, 0.1) is 0 Å². The van der Waals surface area contributed by atoms with E-state index in [0.29, 0.717) is 12.6 Å². The summed E-state index contributed by atoms with van der Waals surface area (Å²) in [5.41, 5.74) is 2.46. The second-order valence-electron chi connectivity index (χ2n) is 6.53. The Kier molecular flexibility index (Phi) is 3.90. The van der Waals surface area contributed by atoms with Crippen LogP contribution in [0.25, 0.3) is 6.08 Å². The summed E-state index contributed by atoms with van der Waals surface area (Å²) in [6, 6.07) is 8.71. The van der Waals surface area contributed by atoms with Crippen LogP contribution in [-0.4, -0.2) is 44.6 Å². The maximum Gasteiger partial charge on any atom is 0.127 e. The molecule has 0 unspecified atom stereocenters. The van der Waals surface area contributed by atoms with Gasteiger partial charge in [0.1, 0.15) is 12.4 Å². The van der Waals surface area contributed by atoms with Gasteiger partial charge in [-0.05, 0) is 30.6 Å². The number of para-hydroxylation sites is 1. The topological polar surface area (TPSA) is 39.7 Å². The van der Waals surface area contributed by atoms with Crippen molar-refractivity contribution in [2.24, 2.45) is 0 Å². The van der Waals surface area contributed by atoms with Gasteiger partial charge in [0.15, 0.2) is 0 Å². The van der Waals surface area contributed by atoms with Crippen LogP contribution in [0.2, 0.25) is 0 Å². The van der Waals surface area contributed by atoms with Gasteiger partial charge in [-0.15, -0.1) is 0 Å². The number of fused-ring (bicyclic) bond motifs is 1. The van der Waals surface area contributed by atoms with Crippen molar-refractivity contribution in [1.29, 1.82) is 0 Å². The van der Waals surface area contributed by atoms with Gasteiger partial charge in [0, 0.05) is 37.8 Å². The van der Waals surface area contributed by atoms with Gasteiger partial charge in [-0.3, -0.25) is 0 Å². The van der Waals surface area contributed by atoms with E-state index in [0.717, 1.165) is 51.4 Å². The van der Waals surface area contributed by atoms with Crippen molar-refractivity contribution in [2.45, 2.75) is 30.9 Å². The summed E-state index contributed by atoms with van der Waals surface area (Å²) in [5.74, 6) is 0.986. The molecule has 22 heavy (non-hydrogen) atoms. The third-order valence-corrected chi connectivity index (χ3v) is 4.87. The highest BCUT2D eigenvalue weighted by Crippen LogP contribution is 2.33. The quantitative estimate of drug-likeness (QED) is 0.930. The number of benzene rings is 1. The molecule has 0 radical (unpaired) electrons. The molecule has 0 aliphatic carbocycles. The van der Waals surface area contributed by atoms with Crippen LogP contribution in [0.3, 0.4) is 0 Å². The predicted molar refractivity (Wildman–Crippen MR) is 85.1 cm³/mol. The smallest absolute Gasteiger partial charge is 0.127 e. The first-order valence-electron chi connectivity index (χ1n) is 8.19.